The number of nitrogens with zero attached hydrogens (tertiary/aromatic N) is 1. The molecule has 0 aliphatic carbocycles. The fourth-order valence-corrected chi connectivity index (χ4v) is 5.61. The summed E-state index contributed by atoms with van der Waals surface area (Å²) in [5.74, 6) is -0.979. The number of ketones is 1. The normalized spacial score (nSPS) is 16.7. The van der Waals surface area contributed by atoms with Crippen LogP contribution in [0.2, 0.25) is 5.02 Å². The number of allylic oxidation sites excluding steroid dienone is 1. The Hall–Kier alpha value is -2.68. The maximum atomic E-state index is 13.2. The first-order chi connectivity index (χ1) is 13.9. The lowest BCUT2D eigenvalue weighted by molar-refractivity contribution is 0.104. The van der Waals surface area contributed by atoms with Crippen LogP contribution >= 0.6 is 22.9 Å². The van der Waals surface area contributed by atoms with Crippen molar-refractivity contribution in [3.8, 4) is 0 Å². The first kappa shape index (κ1) is 19.6. The second kappa shape index (κ2) is 7.62. The van der Waals surface area contributed by atoms with Gasteiger partial charge in [0.1, 0.15) is 10.7 Å². The average Bonchev–Trinajstić information content (AvgIpc) is 3.16. The van der Waals surface area contributed by atoms with Crippen LogP contribution in [0.5, 0.6) is 0 Å². The van der Waals surface area contributed by atoms with Crippen LogP contribution in [0.3, 0.4) is 0 Å². The summed E-state index contributed by atoms with van der Waals surface area (Å²) in [5.41, 5.74) is 1.47. The van der Waals surface area contributed by atoms with Gasteiger partial charge in [-0.15, -0.1) is 11.3 Å². The zero-order valence-corrected chi connectivity index (χ0v) is 17.2. The molecule has 1 N–H and O–H groups in total. The number of carbonyl (C=O) groups excluding carboxylic acids is 1. The lowest BCUT2D eigenvalue weighted by Crippen LogP contribution is -2.38. The fourth-order valence-electron chi connectivity index (χ4n) is 2.94. The summed E-state index contributed by atoms with van der Waals surface area (Å²) in [4.78, 5) is 12.8. The van der Waals surface area contributed by atoms with E-state index in [1.165, 1.54) is 46.1 Å². The van der Waals surface area contributed by atoms with Gasteiger partial charge in [0.05, 0.1) is 12.2 Å². The quantitative estimate of drug-likeness (QED) is 0.568. The van der Waals surface area contributed by atoms with E-state index in [9.17, 15) is 17.6 Å². The topological polar surface area (TPSA) is 66.5 Å². The number of sulfonamides is 1. The number of benzene rings is 2. The Labute approximate surface area is 176 Å². The number of anilines is 2. The molecule has 2 heterocycles. The van der Waals surface area contributed by atoms with Gasteiger partial charge in [0.25, 0.3) is 10.0 Å². The molecular formula is C20H14ClFN2O3S2. The van der Waals surface area contributed by atoms with Crippen LogP contribution in [-0.2, 0) is 16.6 Å². The molecule has 0 bridgehead atoms. The molecule has 5 nitrogen and oxygen atoms in total. The van der Waals surface area contributed by atoms with Gasteiger partial charge in [0.15, 0.2) is 4.91 Å². The largest absolute Gasteiger partial charge is 0.360 e. The molecule has 0 radical (unpaired) electrons. The summed E-state index contributed by atoms with van der Waals surface area (Å²) in [5, 5.41) is 4.98. The van der Waals surface area contributed by atoms with E-state index >= 15 is 0 Å². The minimum absolute atomic E-state index is 0.0197. The third-order valence-corrected chi connectivity index (χ3v) is 7.25. The van der Waals surface area contributed by atoms with Crippen molar-refractivity contribution < 1.29 is 17.6 Å². The highest BCUT2D eigenvalue weighted by Gasteiger charge is 2.41. The third-order valence-electron chi connectivity index (χ3n) is 4.35. The molecule has 9 heteroatoms. The average molecular weight is 449 g/mol. The molecule has 148 valence electrons. The van der Waals surface area contributed by atoms with Gasteiger partial charge in [-0.05, 0) is 47.3 Å². The number of rotatable bonds is 4. The Morgan fingerprint density at radius 3 is 2.62 bits per heavy atom. The lowest BCUT2D eigenvalue weighted by Gasteiger charge is -2.29. The maximum Gasteiger partial charge on any atom is 0.270 e. The van der Waals surface area contributed by atoms with Crippen molar-refractivity contribution in [2.45, 2.75) is 6.54 Å². The molecule has 1 aromatic heterocycles. The third kappa shape index (κ3) is 3.78. The van der Waals surface area contributed by atoms with Crippen molar-refractivity contribution in [1.82, 2.24) is 0 Å². The highest BCUT2D eigenvalue weighted by molar-refractivity contribution is 7.97. The smallest absolute Gasteiger partial charge is 0.270 e. The monoisotopic (exact) mass is 448 g/mol. The second-order valence-corrected chi connectivity index (χ2v) is 9.45. The van der Waals surface area contributed by atoms with Crippen LogP contribution in [0.15, 0.2) is 71.1 Å². The Morgan fingerprint density at radius 2 is 1.90 bits per heavy atom. The number of fused-ring (bicyclic) bond motifs is 1. The van der Waals surface area contributed by atoms with Gasteiger partial charge >= 0.3 is 0 Å². The van der Waals surface area contributed by atoms with Gasteiger partial charge in [-0.3, -0.25) is 9.10 Å². The molecule has 0 fully saturated rings. The molecular weight excluding hydrogens is 435 g/mol. The molecule has 0 saturated heterocycles. The number of carbonyl (C=O) groups is 1. The zero-order valence-electron chi connectivity index (χ0n) is 14.8. The van der Waals surface area contributed by atoms with E-state index in [-0.39, 0.29) is 11.4 Å². The summed E-state index contributed by atoms with van der Waals surface area (Å²) < 4.78 is 40.9. The summed E-state index contributed by atoms with van der Waals surface area (Å²) in [6.07, 6.45) is 1.18. The second-order valence-electron chi connectivity index (χ2n) is 6.27. The number of hydrogen-bond donors (Lipinski definition) is 1. The van der Waals surface area contributed by atoms with Gasteiger partial charge in [-0.2, -0.15) is 0 Å². The highest BCUT2D eigenvalue weighted by atomic mass is 35.5. The molecule has 29 heavy (non-hydrogen) atoms. The predicted molar refractivity (Wildman–Crippen MR) is 113 cm³/mol. The zero-order chi connectivity index (χ0) is 20.6. The molecule has 0 spiro atoms. The SMILES string of the molecule is O=C1C(=CNc2cccc(Cl)c2)S(=O)(=O)N(Cc2ccc(F)cc2)c2ccsc21. The summed E-state index contributed by atoms with van der Waals surface area (Å²) in [6.45, 7) is -0.0197. The van der Waals surface area contributed by atoms with Crippen LogP contribution in [0, 0.1) is 5.82 Å². The van der Waals surface area contributed by atoms with Gasteiger partial charge in [0, 0.05) is 16.9 Å². The molecule has 0 saturated carbocycles. The van der Waals surface area contributed by atoms with Crippen LogP contribution in [0.25, 0.3) is 0 Å². The van der Waals surface area contributed by atoms with Crippen LogP contribution in [-0.4, -0.2) is 14.2 Å². The number of nitrogens with one attached hydrogen (secondary N) is 1. The van der Waals surface area contributed by atoms with E-state index in [4.69, 9.17) is 11.6 Å². The number of halogens is 2. The highest BCUT2D eigenvalue weighted by Crippen LogP contribution is 2.39. The molecule has 1 aliphatic rings. The molecule has 0 atom stereocenters. The summed E-state index contributed by atoms with van der Waals surface area (Å²) in [7, 11) is -4.12. The maximum absolute atomic E-state index is 13.2. The molecule has 0 unspecified atom stereocenters. The molecule has 1 aliphatic heterocycles. The number of hydrogen-bond acceptors (Lipinski definition) is 5. The van der Waals surface area contributed by atoms with Crippen LogP contribution < -0.4 is 9.62 Å². The minimum atomic E-state index is -4.12. The standard InChI is InChI=1S/C20H14ClFN2O3S2/c21-14-2-1-3-16(10-14)23-11-18-19(25)20-17(8-9-28-20)24(29(18,26)27)12-13-4-6-15(22)7-5-13/h1-11,23H,12H2. The van der Waals surface area contributed by atoms with Gasteiger partial charge in [0.2, 0.25) is 5.78 Å². The summed E-state index contributed by atoms with van der Waals surface area (Å²) in [6, 6.07) is 13.9. The van der Waals surface area contributed by atoms with E-state index in [0.29, 0.717) is 26.8 Å². The van der Waals surface area contributed by atoms with Crippen LogP contribution in [0.4, 0.5) is 15.8 Å². The Bertz CT molecular complexity index is 1220. The van der Waals surface area contributed by atoms with E-state index in [1.807, 2.05) is 0 Å². The Morgan fingerprint density at radius 1 is 1.14 bits per heavy atom. The van der Waals surface area contributed by atoms with Gasteiger partial charge in [-0.1, -0.05) is 29.8 Å². The lowest BCUT2D eigenvalue weighted by atomic mass is 10.2. The first-order valence-electron chi connectivity index (χ1n) is 8.48. The van der Waals surface area contributed by atoms with Gasteiger partial charge < -0.3 is 5.32 Å². The fraction of sp³-hybridized carbons (Fsp3) is 0.0500. The van der Waals surface area contributed by atoms with Crippen molar-refractivity contribution >= 4 is 50.1 Å². The summed E-state index contributed by atoms with van der Waals surface area (Å²) >= 11 is 7.12. The van der Waals surface area contributed by atoms with E-state index in [1.54, 1.807) is 35.7 Å². The first-order valence-corrected chi connectivity index (χ1v) is 11.2. The van der Waals surface area contributed by atoms with E-state index in [2.05, 4.69) is 5.32 Å². The Balaban J connectivity index is 1.74. The molecule has 3 aromatic rings. The number of Topliss-reactive ketones (excluding diaryl/α,β-unsaturated/α-hetero) is 1. The van der Waals surface area contributed by atoms with Crippen molar-refractivity contribution in [2.24, 2.45) is 0 Å². The molecule has 0 amide bonds. The van der Waals surface area contributed by atoms with Crippen molar-refractivity contribution in [1.29, 1.82) is 0 Å². The molecule has 2 aromatic carbocycles. The van der Waals surface area contributed by atoms with Crippen molar-refractivity contribution in [3.05, 3.63) is 92.4 Å². The molecule has 4 rings (SSSR count). The van der Waals surface area contributed by atoms with E-state index in [0.717, 1.165) is 0 Å². The minimum Gasteiger partial charge on any atom is -0.360 e. The predicted octanol–water partition coefficient (Wildman–Crippen LogP) is 5.03. The van der Waals surface area contributed by atoms with Gasteiger partial charge in [-0.25, -0.2) is 12.8 Å². The number of thiophene rings is 1. The Kier molecular flexibility index (Phi) is 5.16. The van der Waals surface area contributed by atoms with Crippen LogP contribution in [0.1, 0.15) is 15.2 Å². The van der Waals surface area contributed by atoms with Crippen molar-refractivity contribution in [2.75, 3.05) is 9.62 Å². The van der Waals surface area contributed by atoms with E-state index < -0.39 is 21.6 Å². The van der Waals surface area contributed by atoms with Crippen molar-refractivity contribution in [3.63, 3.8) is 0 Å².